The zero-order valence-electron chi connectivity index (χ0n) is 7.01. The van der Waals surface area contributed by atoms with Crippen molar-refractivity contribution in [2.24, 2.45) is 5.92 Å². The molecule has 0 bridgehead atoms. The van der Waals surface area contributed by atoms with Gasteiger partial charge in [0, 0.05) is 5.25 Å². The van der Waals surface area contributed by atoms with Crippen LogP contribution >= 0.6 is 11.8 Å². The molecule has 1 saturated carbocycles. The average Bonchev–Trinajstić information content (AvgIpc) is 2.04. The Kier molecular flexibility index (Phi) is 2.26. The van der Waals surface area contributed by atoms with Crippen LogP contribution < -0.4 is 0 Å². The Bertz CT molecular complexity index is 162. The minimum Gasteiger partial charge on any atom is -0.158 e. The molecule has 0 aromatic heterocycles. The van der Waals surface area contributed by atoms with Crippen LogP contribution in [-0.2, 0) is 0 Å². The Morgan fingerprint density at radius 3 is 3.18 bits per heavy atom. The minimum absolute atomic E-state index is 0.995. The van der Waals surface area contributed by atoms with Gasteiger partial charge >= 0.3 is 0 Å². The van der Waals surface area contributed by atoms with Gasteiger partial charge in [-0.05, 0) is 43.8 Å². The molecule has 0 aromatic carbocycles. The Labute approximate surface area is 73.4 Å². The summed E-state index contributed by atoms with van der Waals surface area (Å²) in [4.78, 5) is 0. The number of allylic oxidation sites excluding steroid dienone is 1. The highest BCUT2D eigenvalue weighted by Crippen LogP contribution is 2.41. The second kappa shape index (κ2) is 3.22. The second-order valence-electron chi connectivity index (χ2n) is 3.80. The third-order valence-electron chi connectivity index (χ3n) is 2.91. The topological polar surface area (TPSA) is 0 Å². The van der Waals surface area contributed by atoms with E-state index in [1.807, 2.05) is 0 Å². The normalized spacial score (nSPS) is 38.4. The van der Waals surface area contributed by atoms with Gasteiger partial charge in [0.2, 0.25) is 0 Å². The molecule has 1 heteroatoms. The van der Waals surface area contributed by atoms with E-state index in [-0.39, 0.29) is 0 Å². The second-order valence-corrected chi connectivity index (χ2v) is 5.15. The Morgan fingerprint density at radius 2 is 2.27 bits per heavy atom. The molecule has 1 saturated heterocycles. The van der Waals surface area contributed by atoms with Gasteiger partial charge in [0.1, 0.15) is 0 Å². The van der Waals surface area contributed by atoms with Gasteiger partial charge in [-0.25, -0.2) is 0 Å². The Morgan fingerprint density at radius 1 is 1.36 bits per heavy atom. The van der Waals surface area contributed by atoms with E-state index >= 15 is 0 Å². The maximum atomic E-state index is 4.10. The fourth-order valence-corrected chi connectivity index (χ4v) is 3.70. The molecule has 0 amide bonds. The smallest absolute Gasteiger partial charge is 0.00814 e. The van der Waals surface area contributed by atoms with Gasteiger partial charge in [-0.15, -0.1) is 0 Å². The van der Waals surface area contributed by atoms with E-state index in [0.717, 1.165) is 11.2 Å². The number of fused-ring (bicyclic) bond motifs is 1. The zero-order chi connectivity index (χ0) is 7.68. The molecular formula is C10H16S. The number of hydrogen-bond acceptors (Lipinski definition) is 1. The van der Waals surface area contributed by atoms with Gasteiger partial charge < -0.3 is 0 Å². The molecule has 1 aliphatic heterocycles. The van der Waals surface area contributed by atoms with E-state index in [4.69, 9.17) is 0 Å². The average molecular weight is 168 g/mol. The lowest BCUT2D eigenvalue weighted by molar-refractivity contribution is 0.393. The van der Waals surface area contributed by atoms with Crippen molar-refractivity contribution in [3.8, 4) is 0 Å². The quantitative estimate of drug-likeness (QED) is 0.500. The van der Waals surface area contributed by atoms with E-state index in [2.05, 4.69) is 18.3 Å². The van der Waals surface area contributed by atoms with Crippen molar-refractivity contribution < 1.29 is 0 Å². The third-order valence-corrected chi connectivity index (χ3v) is 4.48. The van der Waals surface area contributed by atoms with Crippen molar-refractivity contribution in [2.45, 2.75) is 37.4 Å². The van der Waals surface area contributed by atoms with Crippen LogP contribution in [0, 0.1) is 5.92 Å². The van der Waals surface area contributed by atoms with Crippen LogP contribution in [-0.4, -0.2) is 11.0 Å². The SMILES string of the molecule is C=C1CCC2SCCCC2C1. The van der Waals surface area contributed by atoms with Gasteiger partial charge in [-0.2, -0.15) is 11.8 Å². The summed E-state index contributed by atoms with van der Waals surface area (Å²) in [5, 5.41) is 0.995. The van der Waals surface area contributed by atoms with Crippen molar-refractivity contribution in [2.75, 3.05) is 5.75 Å². The van der Waals surface area contributed by atoms with Crippen LogP contribution in [0.15, 0.2) is 12.2 Å². The van der Waals surface area contributed by atoms with E-state index in [1.54, 1.807) is 0 Å². The van der Waals surface area contributed by atoms with Gasteiger partial charge in [-0.1, -0.05) is 12.2 Å². The predicted molar refractivity (Wildman–Crippen MR) is 52.0 cm³/mol. The molecule has 0 spiro atoms. The maximum Gasteiger partial charge on any atom is 0.00814 e. The summed E-state index contributed by atoms with van der Waals surface area (Å²) in [6.07, 6.45) is 6.95. The molecule has 2 atom stereocenters. The van der Waals surface area contributed by atoms with Crippen molar-refractivity contribution in [1.82, 2.24) is 0 Å². The Hall–Kier alpha value is 0.0900. The third kappa shape index (κ3) is 1.64. The summed E-state index contributed by atoms with van der Waals surface area (Å²) in [6, 6.07) is 0. The van der Waals surface area contributed by atoms with Crippen LogP contribution in [0.5, 0.6) is 0 Å². The highest BCUT2D eigenvalue weighted by Gasteiger charge is 2.29. The first-order valence-electron chi connectivity index (χ1n) is 4.64. The summed E-state index contributed by atoms with van der Waals surface area (Å²) < 4.78 is 0. The first kappa shape index (κ1) is 7.72. The van der Waals surface area contributed by atoms with E-state index in [9.17, 15) is 0 Å². The van der Waals surface area contributed by atoms with Crippen LogP contribution in [0.3, 0.4) is 0 Å². The first-order chi connectivity index (χ1) is 5.36. The lowest BCUT2D eigenvalue weighted by atomic mass is 9.83. The first-order valence-corrected chi connectivity index (χ1v) is 5.69. The van der Waals surface area contributed by atoms with Crippen molar-refractivity contribution in [3.63, 3.8) is 0 Å². The van der Waals surface area contributed by atoms with Crippen LogP contribution in [0.1, 0.15) is 32.1 Å². The molecule has 0 N–H and O–H groups in total. The summed E-state index contributed by atoms with van der Waals surface area (Å²) in [6.45, 7) is 4.10. The molecule has 0 aromatic rings. The van der Waals surface area contributed by atoms with Gasteiger partial charge in [-0.3, -0.25) is 0 Å². The molecule has 0 nitrogen and oxygen atoms in total. The van der Waals surface area contributed by atoms with Crippen molar-refractivity contribution in [1.29, 1.82) is 0 Å². The van der Waals surface area contributed by atoms with Gasteiger partial charge in [0.25, 0.3) is 0 Å². The predicted octanol–water partition coefficient (Wildman–Crippen LogP) is 3.24. The van der Waals surface area contributed by atoms with Crippen LogP contribution in [0.4, 0.5) is 0 Å². The number of thioether (sulfide) groups is 1. The lowest BCUT2D eigenvalue weighted by Crippen LogP contribution is -2.26. The summed E-state index contributed by atoms with van der Waals surface area (Å²) in [5.41, 5.74) is 1.51. The van der Waals surface area contributed by atoms with Crippen molar-refractivity contribution in [3.05, 3.63) is 12.2 Å². The zero-order valence-corrected chi connectivity index (χ0v) is 7.83. The molecule has 2 aliphatic rings. The Balaban J connectivity index is 1.98. The van der Waals surface area contributed by atoms with E-state index in [0.29, 0.717) is 0 Å². The van der Waals surface area contributed by atoms with E-state index in [1.165, 1.54) is 43.4 Å². The summed E-state index contributed by atoms with van der Waals surface area (Å²) in [5.74, 6) is 2.41. The molecular weight excluding hydrogens is 152 g/mol. The van der Waals surface area contributed by atoms with Crippen LogP contribution in [0.25, 0.3) is 0 Å². The fraction of sp³-hybridized carbons (Fsp3) is 0.800. The molecule has 2 unspecified atom stereocenters. The monoisotopic (exact) mass is 168 g/mol. The standard InChI is InChI=1S/C10H16S/c1-8-4-5-10-9(7-8)3-2-6-11-10/h9-10H,1-7H2. The lowest BCUT2D eigenvalue weighted by Gasteiger charge is -2.35. The molecule has 1 heterocycles. The number of hydrogen-bond donors (Lipinski definition) is 0. The summed E-state index contributed by atoms with van der Waals surface area (Å²) >= 11 is 2.21. The molecule has 11 heavy (non-hydrogen) atoms. The fourth-order valence-electron chi connectivity index (χ4n) is 2.27. The molecule has 62 valence electrons. The van der Waals surface area contributed by atoms with Gasteiger partial charge in [0.05, 0.1) is 0 Å². The minimum atomic E-state index is 0.995. The van der Waals surface area contributed by atoms with E-state index < -0.39 is 0 Å². The highest BCUT2D eigenvalue weighted by molar-refractivity contribution is 7.99. The summed E-state index contributed by atoms with van der Waals surface area (Å²) in [7, 11) is 0. The van der Waals surface area contributed by atoms with Crippen LogP contribution in [0.2, 0.25) is 0 Å². The number of rotatable bonds is 0. The molecule has 2 fully saturated rings. The molecule has 1 aliphatic carbocycles. The maximum absolute atomic E-state index is 4.10. The van der Waals surface area contributed by atoms with Crippen molar-refractivity contribution >= 4 is 11.8 Å². The highest BCUT2D eigenvalue weighted by atomic mass is 32.2. The van der Waals surface area contributed by atoms with Gasteiger partial charge in [0.15, 0.2) is 0 Å². The largest absolute Gasteiger partial charge is 0.158 e. The molecule has 2 rings (SSSR count). The molecule has 0 radical (unpaired) electrons.